The molecule has 1 heterocycles. The molecule has 1 aliphatic heterocycles. The van der Waals surface area contributed by atoms with Gasteiger partial charge in [0.25, 0.3) is 0 Å². The number of ketones is 1. The predicted molar refractivity (Wildman–Crippen MR) is 84.0 cm³/mol. The standard InChI is InChI=1S/C18H19F6NO2/c1-27-10-7-11(9-5-3-2-4-6-9)14-12(8-10)13(16(26)18(22,23)24)15(25-14)17(19,20)21/h2-6,10-15,25H,7-8H2,1H3. The van der Waals surface area contributed by atoms with E-state index in [1.807, 2.05) is 0 Å². The zero-order valence-electron chi connectivity index (χ0n) is 14.3. The molecule has 150 valence electrons. The summed E-state index contributed by atoms with van der Waals surface area (Å²) in [5.74, 6) is -6.13. The summed E-state index contributed by atoms with van der Waals surface area (Å²) in [4.78, 5) is 11.9. The zero-order chi connectivity index (χ0) is 20.0. The lowest BCUT2D eigenvalue weighted by atomic mass is 9.69. The van der Waals surface area contributed by atoms with Gasteiger partial charge in [0.15, 0.2) is 0 Å². The second-order valence-corrected chi connectivity index (χ2v) is 7.11. The van der Waals surface area contributed by atoms with E-state index in [1.165, 1.54) is 7.11 Å². The van der Waals surface area contributed by atoms with Crippen LogP contribution in [0, 0.1) is 11.8 Å². The van der Waals surface area contributed by atoms with Crippen molar-refractivity contribution in [3.8, 4) is 0 Å². The largest absolute Gasteiger partial charge is 0.450 e. The maximum Gasteiger partial charge on any atom is 0.450 e. The Labute approximate surface area is 152 Å². The molecule has 2 aliphatic rings. The lowest BCUT2D eigenvalue weighted by molar-refractivity contribution is -0.192. The van der Waals surface area contributed by atoms with Crippen molar-refractivity contribution in [1.82, 2.24) is 5.32 Å². The molecule has 9 heteroatoms. The molecule has 6 unspecified atom stereocenters. The second kappa shape index (κ2) is 7.09. The summed E-state index contributed by atoms with van der Waals surface area (Å²) in [6.45, 7) is 0. The molecule has 0 spiro atoms. The van der Waals surface area contributed by atoms with Gasteiger partial charge in [-0.05, 0) is 24.3 Å². The smallest absolute Gasteiger partial charge is 0.381 e. The molecule has 3 rings (SSSR count). The van der Waals surface area contributed by atoms with Gasteiger partial charge in [-0.3, -0.25) is 4.79 Å². The van der Waals surface area contributed by atoms with Gasteiger partial charge in [-0.25, -0.2) is 0 Å². The first-order valence-electron chi connectivity index (χ1n) is 8.55. The van der Waals surface area contributed by atoms with E-state index < -0.39 is 54.1 Å². The molecule has 1 aromatic rings. The first kappa shape index (κ1) is 20.1. The van der Waals surface area contributed by atoms with Gasteiger partial charge in [-0.2, -0.15) is 26.3 Å². The predicted octanol–water partition coefficient (Wildman–Crippen LogP) is 3.85. The third kappa shape index (κ3) is 3.85. The highest BCUT2D eigenvalue weighted by Gasteiger charge is 2.63. The van der Waals surface area contributed by atoms with Crippen molar-refractivity contribution in [1.29, 1.82) is 0 Å². The quantitative estimate of drug-likeness (QED) is 0.791. The fourth-order valence-electron chi connectivity index (χ4n) is 4.51. The van der Waals surface area contributed by atoms with Crippen molar-refractivity contribution in [2.24, 2.45) is 11.8 Å². The van der Waals surface area contributed by atoms with Crippen LogP contribution < -0.4 is 5.32 Å². The van der Waals surface area contributed by atoms with Gasteiger partial charge >= 0.3 is 12.4 Å². The Kier molecular flexibility index (Phi) is 5.28. The molecule has 2 fully saturated rings. The average molecular weight is 395 g/mol. The van der Waals surface area contributed by atoms with Crippen LogP contribution >= 0.6 is 0 Å². The Morgan fingerprint density at radius 3 is 2.22 bits per heavy atom. The van der Waals surface area contributed by atoms with E-state index in [0.29, 0.717) is 12.0 Å². The Morgan fingerprint density at radius 2 is 1.70 bits per heavy atom. The molecule has 0 aromatic heterocycles. The highest BCUT2D eigenvalue weighted by atomic mass is 19.4. The van der Waals surface area contributed by atoms with E-state index in [0.717, 1.165) is 0 Å². The van der Waals surface area contributed by atoms with E-state index >= 15 is 0 Å². The summed E-state index contributed by atoms with van der Waals surface area (Å²) in [5, 5.41) is 2.33. The number of carbonyl (C=O) groups is 1. The third-order valence-electron chi connectivity index (χ3n) is 5.63. The van der Waals surface area contributed by atoms with Gasteiger partial charge in [0.1, 0.15) is 6.04 Å². The molecule has 1 aliphatic carbocycles. The Morgan fingerprint density at radius 1 is 1.07 bits per heavy atom. The lowest BCUT2D eigenvalue weighted by Gasteiger charge is -2.39. The minimum Gasteiger partial charge on any atom is -0.381 e. The highest BCUT2D eigenvalue weighted by Crippen LogP contribution is 2.50. The molecule has 0 radical (unpaired) electrons. The third-order valence-corrected chi connectivity index (χ3v) is 5.63. The van der Waals surface area contributed by atoms with Crippen molar-refractivity contribution in [2.45, 2.75) is 49.3 Å². The van der Waals surface area contributed by atoms with E-state index in [1.54, 1.807) is 30.3 Å². The van der Waals surface area contributed by atoms with Crippen molar-refractivity contribution in [3.05, 3.63) is 35.9 Å². The number of halogens is 6. The van der Waals surface area contributed by atoms with Gasteiger partial charge < -0.3 is 10.1 Å². The summed E-state index contributed by atoms with van der Waals surface area (Å²) >= 11 is 0. The highest BCUT2D eigenvalue weighted by molar-refractivity contribution is 5.88. The van der Waals surface area contributed by atoms with E-state index in [2.05, 4.69) is 5.32 Å². The van der Waals surface area contributed by atoms with Crippen molar-refractivity contribution in [3.63, 3.8) is 0 Å². The number of hydrogen-bond acceptors (Lipinski definition) is 3. The molecule has 1 saturated heterocycles. The SMILES string of the molecule is COC1CC(c2ccccc2)C2NC(C(F)(F)F)C(C(=O)C(F)(F)F)C2C1. The number of alkyl halides is 6. The summed E-state index contributed by atoms with van der Waals surface area (Å²) in [6, 6.07) is 5.22. The van der Waals surface area contributed by atoms with Crippen molar-refractivity contribution < 1.29 is 35.9 Å². The van der Waals surface area contributed by atoms with Crippen LogP contribution in [-0.4, -0.2) is 43.4 Å². The number of methoxy groups -OCH3 is 1. The van der Waals surface area contributed by atoms with Crippen LogP contribution in [-0.2, 0) is 9.53 Å². The minimum atomic E-state index is -5.33. The summed E-state index contributed by atoms with van der Waals surface area (Å²) in [5.41, 5.74) is 0.711. The molecule has 6 atom stereocenters. The normalized spacial score (nSPS) is 34.3. The van der Waals surface area contributed by atoms with E-state index in [-0.39, 0.29) is 6.42 Å². The molecule has 0 amide bonds. The maximum absolute atomic E-state index is 13.5. The first-order valence-corrected chi connectivity index (χ1v) is 8.55. The molecule has 0 bridgehead atoms. The summed E-state index contributed by atoms with van der Waals surface area (Å²) in [7, 11) is 1.37. The number of fused-ring (bicyclic) bond motifs is 1. The van der Waals surface area contributed by atoms with Gasteiger partial charge in [0.2, 0.25) is 5.78 Å². The number of benzene rings is 1. The fourth-order valence-corrected chi connectivity index (χ4v) is 4.51. The van der Waals surface area contributed by atoms with Crippen LogP contribution in [0.3, 0.4) is 0 Å². The molecular formula is C18H19F6NO2. The van der Waals surface area contributed by atoms with E-state index in [9.17, 15) is 31.1 Å². The Bertz CT molecular complexity index is 675. The number of nitrogens with one attached hydrogen (secondary N) is 1. The second-order valence-electron chi connectivity index (χ2n) is 7.11. The number of hydrogen-bond donors (Lipinski definition) is 1. The van der Waals surface area contributed by atoms with Crippen molar-refractivity contribution in [2.75, 3.05) is 7.11 Å². The van der Waals surface area contributed by atoms with Gasteiger partial charge in [-0.1, -0.05) is 30.3 Å². The lowest BCUT2D eigenvalue weighted by Crippen LogP contribution is -2.48. The van der Waals surface area contributed by atoms with Crippen LogP contribution in [0.15, 0.2) is 30.3 Å². The number of rotatable bonds is 3. The van der Waals surface area contributed by atoms with Crippen LogP contribution in [0.4, 0.5) is 26.3 Å². The van der Waals surface area contributed by atoms with Gasteiger partial charge in [0.05, 0.1) is 12.0 Å². The molecule has 3 nitrogen and oxygen atoms in total. The number of carbonyl (C=O) groups excluding carboxylic acids is 1. The monoisotopic (exact) mass is 395 g/mol. The molecular weight excluding hydrogens is 376 g/mol. The molecule has 1 saturated carbocycles. The maximum atomic E-state index is 13.5. The van der Waals surface area contributed by atoms with Gasteiger partial charge in [-0.15, -0.1) is 0 Å². The van der Waals surface area contributed by atoms with Crippen LogP contribution in [0.5, 0.6) is 0 Å². The molecule has 1 aromatic carbocycles. The van der Waals surface area contributed by atoms with Gasteiger partial charge in [0, 0.05) is 19.1 Å². The summed E-state index contributed by atoms with van der Waals surface area (Å²) in [6.07, 6.45) is -10.5. The number of Topliss-reactive ketones (excluding diaryl/α,β-unsaturated/α-hetero) is 1. The number of ether oxygens (including phenoxy) is 1. The molecule has 1 N–H and O–H groups in total. The zero-order valence-corrected chi connectivity index (χ0v) is 14.3. The van der Waals surface area contributed by atoms with Crippen LogP contribution in [0.2, 0.25) is 0 Å². The van der Waals surface area contributed by atoms with E-state index in [4.69, 9.17) is 4.74 Å². The average Bonchev–Trinajstić information content (AvgIpc) is 2.99. The topological polar surface area (TPSA) is 38.3 Å². The van der Waals surface area contributed by atoms with Crippen LogP contribution in [0.25, 0.3) is 0 Å². The Balaban J connectivity index is 2.03. The molecule has 27 heavy (non-hydrogen) atoms. The van der Waals surface area contributed by atoms with Crippen LogP contribution in [0.1, 0.15) is 24.3 Å². The Hall–Kier alpha value is -1.61. The first-order chi connectivity index (χ1) is 12.5. The summed E-state index contributed by atoms with van der Waals surface area (Å²) < 4.78 is 84.9. The fraction of sp³-hybridized carbons (Fsp3) is 0.611. The van der Waals surface area contributed by atoms with Crippen molar-refractivity contribution >= 4 is 5.78 Å². The minimum absolute atomic E-state index is 0.0312.